The number of aromatic nitrogens is 2. The van der Waals surface area contributed by atoms with Crippen LogP contribution in [0.1, 0.15) is 30.0 Å². The molecule has 1 N–H and O–H groups in total. The third kappa shape index (κ3) is 3.55. The Labute approximate surface area is 159 Å². The third-order valence-corrected chi connectivity index (χ3v) is 5.28. The molecule has 138 valence electrons. The lowest BCUT2D eigenvalue weighted by atomic mass is 10.0. The zero-order chi connectivity index (χ0) is 18.1. The van der Waals surface area contributed by atoms with E-state index in [9.17, 15) is 0 Å². The van der Waals surface area contributed by atoms with Crippen molar-refractivity contribution in [2.75, 3.05) is 13.2 Å². The molecule has 0 amide bonds. The van der Waals surface area contributed by atoms with Gasteiger partial charge >= 0.3 is 0 Å². The van der Waals surface area contributed by atoms with Crippen LogP contribution in [0.25, 0.3) is 5.69 Å². The Morgan fingerprint density at radius 2 is 1.85 bits per heavy atom. The number of fused-ring (bicyclic) bond motifs is 1. The molecule has 0 spiro atoms. The van der Waals surface area contributed by atoms with Gasteiger partial charge in [-0.25, -0.2) is 4.98 Å². The highest BCUT2D eigenvalue weighted by Gasteiger charge is 2.32. The number of nitrogens with zero attached hydrogens (tertiary/aromatic N) is 2. The van der Waals surface area contributed by atoms with Gasteiger partial charge in [0.05, 0.1) is 6.33 Å². The van der Waals surface area contributed by atoms with E-state index in [1.807, 2.05) is 23.2 Å². The van der Waals surface area contributed by atoms with Crippen molar-refractivity contribution < 1.29 is 9.47 Å². The molecule has 1 fully saturated rings. The monoisotopic (exact) mass is 361 g/mol. The highest BCUT2D eigenvalue weighted by Crippen LogP contribution is 2.43. The van der Waals surface area contributed by atoms with Crippen molar-refractivity contribution >= 4 is 0 Å². The maximum Gasteiger partial charge on any atom is 0.161 e. The van der Waals surface area contributed by atoms with Crippen molar-refractivity contribution in [1.82, 2.24) is 14.9 Å². The highest BCUT2D eigenvalue weighted by molar-refractivity contribution is 5.45. The van der Waals surface area contributed by atoms with E-state index in [1.165, 1.54) is 24.0 Å². The van der Waals surface area contributed by atoms with Gasteiger partial charge in [-0.05, 0) is 54.2 Å². The molecule has 5 rings (SSSR count). The van der Waals surface area contributed by atoms with Crippen LogP contribution in [0.3, 0.4) is 0 Å². The summed E-state index contributed by atoms with van der Waals surface area (Å²) in [7, 11) is 0. The molecule has 0 saturated heterocycles. The van der Waals surface area contributed by atoms with Gasteiger partial charge in [-0.2, -0.15) is 0 Å². The minimum absolute atomic E-state index is 0.356. The molecule has 27 heavy (non-hydrogen) atoms. The lowest BCUT2D eigenvalue weighted by molar-refractivity contribution is 0.171. The molecule has 1 saturated carbocycles. The number of hydrogen-bond donors (Lipinski definition) is 1. The smallest absolute Gasteiger partial charge is 0.161 e. The van der Waals surface area contributed by atoms with Crippen molar-refractivity contribution in [2.24, 2.45) is 5.92 Å². The molecular weight excluding hydrogens is 338 g/mol. The molecular formula is C22H23N3O2. The third-order valence-electron chi connectivity index (χ3n) is 5.28. The van der Waals surface area contributed by atoms with Crippen molar-refractivity contribution in [3.8, 4) is 17.2 Å². The van der Waals surface area contributed by atoms with Gasteiger partial charge < -0.3 is 19.4 Å². The molecule has 3 aromatic rings. The average Bonchev–Trinajstić information content (AvgIpc) is 3.41. The van der Waals surface area contributed by atoms with Gasteiger partial charge in [0.2, 0.25) is 0 Å². The Morgan fingerprint density at radius 1 is 1.04 bits per heavy atom. The minimum Gasteiger partial charge on any atom is -0.486 e. The highest BCUT2D eigenvalue weighted by atomic mass is 16.6. The number of imidazole rings is 1. The summed E-state index contributed by atoms with van der Waals surface area (Å²) >= 11 is 0. The normalized spacial score (nSPS) is 16.9. The first-order chi connectivity index (χ1) is 13.4. The molecule has 1 aliphatic carbocycles. The Balaban J connectivity index is 1.29. The second-order valence-corrected chi connectivity index (χ2v) is 7.24. The van der Waals surface area contributed by atoms with E-state index in [0.29, 0.717) is 25.2 Å². The number of benzene rings is 2. The second-order valence-electron chi connectivity index (χ2n) is 7.24. The van der Waals surface area contributed by atoms with Crippen LogP contribution in [-0.2, 0) is 6.54 Å². The Bertz CT molecular complexity index is 902. The Kier molecular flexibility index (Phi) is 4.30. The predicted molar refractivity (Wildman–Crippen MR) is 103 cm³/mol. The predicted octanol–water partition coefficient (Wildman–Crippen LogP) is 3.88. The number of nitrogens with one attached hydrogen (secondary N) is 1. The van der Waals surface area contributed by atoms with Crippen LogP contribution >= 0.6 is 0 Å². The van der Waals surface area contributed by atoms with Crippen LogP contribution in [0.2, 0.25) is 0 Å². The van der Waals surface area contributed by atoms with Gasteiger partial charge in [-0.3, -0.25) is 0 Å². The van der Waals surface area contributed by atoms with Gasteiger partial charge in [0.15, 0.2) is 11.5 Å². The standard InChI is InChI=1S/C22H23N3O2/c1-6-19(25-10-9-23-15-25)7-2-16(1)14-24-22(17-3-4-17)18-5-8-20-21(13-18)27-12-11-26-20/h1-2,5-10,13,15,17,22,24H,3-4,11-12,14H2. The van der Waals surface area contributed by atoms with Gasteiger partial charge in [-0.15, -0.1) is 0 Å². The number of ether oxygens (including phenoxy) is 2. The van der Waals surface area contributed by atoms with Crippen molar-refractivity contribution in [1.29, 1.82) is 0 Å². The van der Waals surface area contributed by atoms with Crippen LogP contribution in [0.5, 0.6) is 11.5 Å². The summed E-state index contributed by atoms with van der Waals surface area (Å²) in [6.45, 7) is 2.10. The van der Waals surface area contributed by atoms with Crippen molar-refractivity contribution in [3.63, 3.8) is 0 Å². The summed E-state index contributed by atoms with van der Waals surface area (Å²) in [5.41, 5.74) is 3.70. The molecule has 5 nitrogen and oxygen atoms in total. The Hall–Kier alpha value is -2.79. The molecule has 1 aliphatic heterocycles. The summed E-state index contributed by atoms with van der Waals surface area (Å²) in [6.07, 6.45) is 8.14. The van der Waals surface area contributed by atoms with Crippen molar-refractivity contribution in [3.05, 3.63) is 72.3 Å². The summed E-state index contributed by atoms with van der Waals surface area (Å²) in [5.74, 6) is 2.43. The average molecular weight is 361 g/mol. The number of rotatable bonds is 6. The summed E-state index contributed by atoms with van der Waals surface area (Å²) in [5, 5.41) is 3.76. The summed E-state index contributed by atoms with van der Waals surface area (Å²) in [4.78, 5) is 4.10. The minimum atomic E-state index is 0.356. The largest absolute Gasteiger partial charge is 0.486 e. The van der Waals surface area contributed by atoms with Gasteiger partial charge in [0.1, 0.15) is 13.2 Å². The summed E-state index contributed by atoms with van der Waals surface area (Å²) in [6, 6.07) is 15.3. The molecule has 1 aromatic heterocycles. The zero-order valence-electron chi connectivity index (χ0n) is 15.2. The zero-order valence-corrected chi connectivity index (χ0v) is 15.2. The maximum atomic E-state index is 5.77. The molecule has 5 heteroatoms. The van der Waals surface area contributed by atoms with Gasteiger partial charge in [-0.1, -0.05) is 18.2 Å². The molecule has 1 unspecified atom stereocenters. The van der Waals surface area contributed by atoms with Crippen LogP contribution in [0, 0.1) is 5.92 Å². The second kappa shape index (κ2) is 7.08. The fourth-order valence-corrected chi connectivity index (χ4v) is 3.67. The van der Waals surface area contributed by atoms with E-state index in [2.05, 4.69) is 46.7 Å². The first-order valence-corrected chi connectivity index (χ1v) is 9.57. The van der Waals surface area contributed by atoms with E-state index in [4.69, 9.17) is 9.47 Å². The van der Waals surface area contributed by atoms with E-state index in [0.717, 1.165) is 23.7 Å². The lowest BCUT2D eigenvalue weighted by Gasteiger charge is -2.23. The van der Waals surface area contributed by atoms with E-state index < -0.39 is 0 Å². The van der Waals surface area contributed by atoms with Gasteiger partial charge in [0, 0.05) is 30.7 Å². The van der Waals surface area contributed by atoms with Crippen molar-refractivity contribution in [2.45, 2.75) is 25.4 Å². The molecule has 1 atom stereocenters. The topological polar surface area (TPSA) is 48.3 Å². The molecule has 0 bridgehead atoms. The first-order valence-electron chi connectivity index (χ1n) is 9.57. The van der Waals surface area contributed by atoms with Gasteiger partial charge in [0.25, 0.3) is 0 Å². The molecule has 0 radical (unpaired) electrons. The van der Waals surface area contributed by atoms with Crippen LogP contribution in [-0.4, -0.2) is 22.8 Å². The van der Waals surface area contributed by atoms with E-state index in [-0.39, 0.29) is 0 Å². The molecule has 2 aromatic carbocycles. The molecule has 2 heterocycles. The SMILES string of the molecule is c1cn(-c2ccc(CNC(c3ccc4c(c3)OCCO4)C3CC3)cc2)cn1. The fourth-order valence-electron chi connectivity index (χ4n) is 3.67. The molecule has 2 aliphatic rings. The lowest BCUT2D eigenvalue weighted by Crippen LogP contribution is -2.23. The van der Waals surface area contributed by atoms with Crippen LogP contribution in [0.4, 0.5) is 0 Å². The fraction of sp³-hybridized carbons (Fsp3) is 0.318. The summed E-state index contributed by atoms with van der Waals surface area (Å²) < 4.78 is 13.4. The van der Waals surface area contributed by atoms with Crippen LogP contribution < -0.4 is 14.8 Å². The van der Waals surface area contributed by atoms with E-state index in [1.54, 1.807) is 6.20 Å². The first kappa shape index (κ1) is 16.4. The Morgan fingerprint density at radius 3 is 2.59 bits per heavy atom. The number of hydrogen-bond acceptors (Lipinski definition) is 4. The maximum absolute atomic E-state index is 5.77. The van der Waals surface area contributed by atoms with E-state index >= 15 is 0 Å². The van der Waals surface area contributed by atoms with Crippen LogP contribution in [0.15, 0.2) is 61.2 Å². The quantitative estimate of drug-likeness (QED) is 0.724.